The second-order valence-electron chi connectivity index (χ2n) is 8.00. The number of primary amides is 1. The number of fused-ring (bicyclic) bond motifs is 1. The van der Waals surface area contributed by atoms with Gasteiger partial charge in [-0.15, -0.1) is 0 Å². The maximum absolute atomic E-state index is 13.5. The molecule has 0 unspecified atom stereocenters. The molecule has 0 atom stereocenters. The van der Waals surface area contributed by atoms with E-state index in [1.165, 1.54) is 35.3 Å². The van der Waals surface area contributed by atoms with E-state index in [4.69, 9.17) is 5.73 Å². The number of anilines is 1. The van der Waals surface area contributed by atoms with Gasteiger partial charge in [-0.05, 0) is 47.5 Å². The number of hydrogen-bond donors (Lipinski definition) is 3. The van der Waals surface area contributed by atoms with Gasteiger partial charge in [0.05, 0.1) is 12.1 Å². The quantitative estimate of drug-likeness (QED) is 0.329. The van der Waals surface area contributed by atoms with E-state index in [1.807, 2.05) is 0 Å². The fourth-order valence-electron chi connectivity index (χ4n) is 3.61. The second kappa shape index (κ2) is 10.7. The van der Waals surface area contributed by atoms with E-state index in [-0.39, 0.29) is 25.1 Å². The van der Waals surface area contributed by atoms with Crippen molar-refractivity contribution in [3.05, 3.63) is 99.7 Å². The zero-order chi connectivity index (χ0) is 25.7. The molecule has 0 spiro atoms. The maximum Gasteiger partial charge on any atom is 0.263 e. The number of carbonyl (C=O) groups excluding carboxylic acids is 2. The Morgan fingerprint density at radius 3 is 2.58 bits per heavy atom. The average molecular weight is 492 g/mol. The number of hydrogen-bond acceptors (Lipinski definition) is 6. The first-order valence-corrected chi connectivity index (χ1v) is 11.0. The number of aromatic nitrogens is 3. The summed E-state index contributed by atoms with van der Waals surface area (Å²) >= 11 is 0. The van der Waals surface area contributed by atoms with Crippen molar-refractivity contribution >= 4 is 28.5 Å². The SMILES string of the molecule is NC(=O)CCNc1ncnc2ccc(CNC(=O)c3cccn(Cc4ccc(F)c(F)c4)c3=O)cc12. The number of nitrogens with zero attached hydrogens (tertiary/aromatic N) is 3. The molecular weight excluding hydrogens is 470 g/mol. The number of benzene rings is 2. The Hall–Kier alpha value is -4.67. The summed E-state index contributed by atoms with van der Waals surface area (Å²) in [7, 11) is 0. The van der Waals surface area contributed by atoms with Gasteiger partial charge in [-0.3, -0.25) is 14.4 Å². The zero-order valence-electron chi connectivity index (χ0n) is 19.0. The Morgan fingerprint density at radius 1 is 1.00 bits per heavy atom. The molecule has 0 saturated heterocycles. The minimum absolute atomic E-state index is 0.0205. The number of nitrogens with one attached hydrogen (secondary N) is 2. The molecule has 2 heterocycles. The van der Waals surface area contributed by atoms with Gasteiger partial charge in [0, 0.05) is 31.1 Å². The number of carbonyl (C=O) groups is 2. The summed E-state index contributed by atoms with van der Waals surface area (Å²) in [5.41, 5.74) is 6.32. The first-order chi connectivity index (χ1) is 17.3. The minimum Gasteiger partial charge on any atom is -0.370 e. The molecular formula is C25H22F2N6O3. The van der Waals surface area contributed by atoms with Crippen molar-refractivity contribution in [2.45, 2.75) is 19.5 Å². The molecule has 184 valence electrons. The van der Waals surface area contributed by atoms with Crippen LogP contribution in [0.5, 0.6) is 0 Å². The molecule has 2 amide bonds. The van der Waals surface area contributed by atoms with Gasteiger partial charge < -0.3 is 20.9 Å². The van der Waals surface area contributed by atoms with Gasteiger partial charge in [-0.25, -0.2) is 18.7 Å². The summed E-state index contributed by atoms with van der Waals surface area (Å²) in [6.07, 6.45) is 3.01. The molecule has 0 saturated carbocycles. The normalized spacial score (nSPS) is 10.8. The van der Waals surface area contributed by atoms with E-state index < -0.39 is 29.0 Å². The molecule has 0 bridgehead atoms. The van der Waals surface area contributed by atoms with E-state index in [0.717, 1.165) is 17.7 Å². The van der Waals surface area contributed by atoms with Gasteiger partial charge in [-0.1, -0.05) is 12.1 Å². The zero-order valence-corrected chi connectivity index (χ0v) is 19.0. The van der Waals surface area contributed by atoms with Crippen LogP contribution in [0, 0.1) is 11.6 Å². The lowest BCUT2D eigenvalue weighted by Crippen LogP contribution is -2.32. The van der Waals surface area contributed by atoms with Crippen LogP contribution in [0.1, 0.15) is 27.9 Å². The lowest BCUT2D eigenvalue weighted by Gasteiger charge is -2.11. The van der Waals surface area contributed by atoms with Crippen LogP contribution in [0.15, 0.2) is 65.8 Å². The van der Waals surface area contributed by atoms with Gasteiger partial charge in [0.15, 0.2) is 11.6 Å². The molecule has 2 aromatic heterocycles. The summed E-state index contributed by atoms with van der Waals surface area (Å²) in [4.78, 5) is 45.0. The lowest BCUT2D eigenvalue weighted by atomic mass is 10.1. The van der Waals surface area contributed by atoms with Crippen LogP contribution in [-0.4, -0.2) is 32.9 Å². The lowest BCUT2D eigenvalue weighted by molar-refractivity contribution is -0.117. The molecule has 2 aromatic carbocycles. The number of pyridine rings is 1. The predicted molar refractivity (Wildman–Crippen MR) is 129 cm³/mol. The smallest absolute Gasteiger partial charge is 0.263 e. The third-order valence-corrected chi connectivity index (χ3v) is 5.42. The van der Waals surface area contributed by atoms with Crippen LogP contribution in [0.3, 0.4) is 0 Å². The number of nitrogens with two attached hydrogens (primary N) is 1. The van der Waals surface area contributed by atoms with Crippen LogP contribution >= 0.6 is 0 Å². The highest BCUT2D eigenvalue weighted by Crippen LogP contribution is 2.20. The summed E-state index contributed by atoms with van der Waals surface area (Å²) in [6.45, 7) is 0.419. The molecule has 36 heavy (non-hydrogen) atoms. The van der Waals surface area contributed by atoms with Crippen molar-refractivity contribution in [3.8, 4) is 0 Å². The Morgan fingerprint density at radius 2 is 1.81 bits per heavy atom. The van der Waals surface area contributed by atoms with Crippen molar-refractivity contribution in [1.82, 2.24) is 19.9 Å². The molecule has 0 radical (unpaired) electrons. The standard InChI is InChI=1S/C25H22F2N6O3/c26-19-5-3-16(11-20(19)27)13-33-9-1-2-17(25(33)36)24(35)30-12-15-4-6-21-18(10-15)23(32-14-31-21)29-8-7-22(28)34/h1-6,9-11,14H,7-8,12-13H2,(H2,28,34)(H,30,35)(H,29,31,32). The average Bonchev–Trinajstić information content (AvgIpc) is 2.86. The van der Waals surface area contributed by atoms with Crippen molar-refractivity contribution in [2.24, 2.45) is 5.73 Å². The summed E-state index contributed by atoms with van der Waals surface area (Å²) in [6, 6.07) is 11.7. The van der Waals surface area contributed by atoms with Gasteiger partial charge in [0.1, 0.15) is 17.7 Å². The number of rotatable bonds is 9. The molecule has 9 nitrogen and oxygen atoms in total. The van der Waals surface area contributed by atoms with Gasteiger partial charge in [0.2, 0.25) is 5.91 Å². The van der Waals surface area contributed by atoms with Crippen molar-refractivity contribution < 1.29 is 18.4 Å². The fourth-order valence-corrected chi connectivity index (χ4v) is 3.61. The third-order valence-electron chi connectivity index (χ3n) is 5.42. The number of halogens is 2. The predicted octanol–water partition coefficient (Wildman–Crippen LogP) is 2.34. The number of amides is 2. The van der Waals surface area contributed by atoms with E-state index in [0.29, 0.717) is 28.8 Å². The molecule has 0 aliphatic heterocycles. The summed E-state index contributed by atoms with van der Waals surface area (Å²) in [5, 5.41) is 6.47. The van der Waals surface area contributed by atoms with Gasteiger partial charge in [0.25, 0.3) is 11.5 Å². The Balaban J connectivity index is 1.48. The molecule has 11 heteroatoms. The van der Waals surface area contributed by atoms with Crippen LogP contribution in [0.25, 0.3) is 10.9 Å². The highest BCUT2D eigenvalue weighted by molar-refractivity contribution is 5.94. The van der Waals surface area contributed by atoms with E-state index >= 15 is 0 Å². The topological polar surface area (TPSA) is 132 Å². The Kier molecular flexibility index (Phi) is 7.28. The monoisotopic (exact) mass is 492 g/mol. The fraction of sp³-hybridized carbons (Fsp3) is 0.160. The maximum atomic E-state index is 13.5. The molecule has 4 aromatic rings. The Bertz CT molecular complexity index is 1510. The van der Waals surface area contributed by atoms with Crippen LogP contribution in [0.2, 0.25) is 0 Å². The first kappa shape index (κ1) is 24.5. The first-order valence-electron chi connectivity index (χ1n) is 11.0. The van der Waals surface area contributed by atoms with E-state index in [1.54, 1.807) is 18.2 Å². The van der Waals surface area contributed by atoms with Crippen LogP contribution in [0.4, 0.5) is 14.6 Å². The van der Waals surface area contributed by atoms with E-state index in [2.05, 4.69) is 20.6 Å². The minimum atomic E-state index is -1.01. The van der Waals surface area contributed by atoms with Crippen molar-refractivity contribution in [3.63, 3.8) is 0 Å². The van der Waals surface area contributed by atoms with Crippen molar-refractivity contribution in [1.29, 1.82) is 0 Å². The molecule has 0 fully saturated rings. The molecule has 0 aliphatic carbocycles. The van der Waals surface area contributed by atoms with Crippen LogP contribution < -0.4 is 21.9 Å². The van der Waals surface area contributed by atoms with Gasteiger partial charge in [-0.2, -0.15) is 0 Å². The Labute approximate surface area is 204 Å². The molecule has 4 rings (SSSR count). The highest BCUT2D eigenvalue weighted by atomic mass is 19.2. The van der Waals surface area contributed by atoms with E-state index in [9.17, 15) is 23.2 Å². The van der Waals surface area contributed by atoms with Crippen LogP contribution in [-0.2, 0) is 17.9 Å². The summed E-state index contributed by atoms with van der Waals surface area (Å²) < 4.78 is 27.9. The van der Waals surface area contributed by atoms with Crippen molar-refractivity contribution in [2.75, 3.05) is 11.9 Å². The third kappa shape index (κ3) is 5.69. The molecule has 0 aliphatic rings. The largest absolute Gasteiger partial charge is 0.370 e. The highest BCUT2D eigenvalue weighted by Gasteiger charge is 2.13. The molecule has 4 N–H and O–H groups in total. The van der Waals surface area contributed by atoms with Gasteiger partial charge >= 0.3 is 0 Å². The summed E-state index contributed by atoms with van der Waals surface area (Å²) in [5.74, 6) is -2.48. The second-order valence-corrected chi connectivity index (χ2v) is 8.00.